The van der Waals surface area contributed by atoms with E-state index in [1.54, 1.807) is 0 Å². The minimum absolute atomic E-state index is 0. The molecule has 4 heteroatoms. The fraction of sp³-hybridized carbons (Fsp3) is 0.786. The number of nitrogens with one attached hydrogen (secondary N) is 2. The Morgan fingerprint density at radius 2 is 2.06 bits per heavy atom. The van der Waals surface area contributed by atoms with E-state index >= 15 is 0 Å². The number of hydrogen-bond acceptors (Lipinski definition) is 1. The molecule has 2 atom stereocenters. The Bertz CT molecular complexity index is 285. The van der Waals surface area contributed by atoms with Crippen molar-refractivity contribution in [3.05, 3.63) is 12.7 Å². The smallest absolute Gasteiger partial charge is 0.191 e. The highest BCUT2D eigenvalue weighted by Gasteiger charge is 2.43. The molecule has 2 saturated carbocycles. The highest BCUT2D eigenvalue weighted by Crippen LogP contribution is 2.44. The Morgan fingerprint density at radius 1 is 1.33 bits per heavy atom. The highest BCUT2D eigenvalue weighted by atomic mass is 127. The largest absolute Gasteiger partial charge is 0.353 e. The predicted molar refractivity (Wildman–Crippen MR) is 88.6 cm³/mol. The average Bonchev–Trinajstić information content (AvgIpc) is 3.15. The van der Waals surface area contributed by atoms with Crippen molar-refractivity contribution < 1.29 is 0 Å². The molecule has 2 unspecified atom stereocenters. The Morgan fingerprint density at radius 3 is 2.67 bits per heavy atom. The van der Waals surface area contributed by atoms with Gasteiger partial charge in [0, 0.05) is 19.6 Å². The molecular formula is C14H26IN3. The van der Waals surface area contributed by atoms with Gasteiger partial charge in [-0.25, -0.2) is 0 Å². The summed E-state index contributed by atoms with van der Waals surface area (Å²) in [6.07, 6.45) is 10.4. The minimum Gasteiger partial charge on any atom is -0.353 e. The molecule has 18 heavy (non-hydrogen) atoms. The van der Waals surface area contributed by atoms with Crippen LogP contribution in [0.15, 0.2) is 17.6 Å². The second kappa shape index (κ2) is 8.02. The summed E-state index contributed by atoms with van der Waals surface area (Å²) in [4.78, 5) is 4.23. The summed E-state index contributed by atoms with van der Waals surface area (Å²) in [5.74, 6) is 2.80. The molecule has 2 fully saturated rings. The maximum atomic E-state index is 4.23. The van der Waals surface area contributed by atoms with Crippen LogP contribution in [-0.2, 0) is 0 Å². The van der Waals surface area contributed by atoms with Crippen LogP contribution in [0, 0.1) is 11.8 Å². The fourth-order valence-electron chi connectivity index (χ4n) is 3.00. The molecule has 0 aromatic carbocycles. The second-order valence-electron chi connectivity index (χ2n) is 5.29. The molecule has 0 aliphatic heterocycles. The third-order valence-corrected chi connectivity index (χ3v) is 4.05. The van der Waals surface area contributed by atoms with Gasteiger partial charge in [0.2, 0.25) is 0 Å². The number of rotatable bonds is 4. The van der Waals surface area contributed by atoms with Crippen LogP contribution in [0.5, 0.6) is 0 Å². The lowest BCUT2D eigenvalue weighted by Crippen LogP contribution is -2.39. The van der Waals surface area contributed by atoms with E-state index in [1.165, 1.54) is 38.5 Å². The van der Waals surface area contributed by atoms with E-state index in [1.807, 2.05) is 13.1 Å². The quantitative estimate of drug-likeness (QED) is 0.349. The lowest BCUT2D eigenvalue weighted by Gasteiger charge is -2.22. The Balaban J connectivity index is 0.00000162. The van der Waals surface area contributed by atoms with Crippen molar-refractivity contribution in [2.24, 2.45) is 16.8 Å². The van der Waals surface area contributed by atoms with Crippen LogP contribution in [0.3, 0.4) is 0 Å². The van der Waals surface area contributed by atoms with Crippen molar-refractivity contribution in [2.45, 2.75) is 44.6 Å². The Labute approximate surface area is 128 Å². The van der Waals surface area contributed by atoms with Crippen LogP contribution in [-0.4, -0.2) is 25.6 Å². The molecule has 2 aliphatic rings. The van der Waals surface area contributed by atoms with Crippen LogP contribution >= 0.6 is 24.0 Å². The van der Waals surface area contributed by atoms with E-state index in [4.69, 9.17) is 0 Å². The first-order valence-corrected chi connectivity index (χ1v) is 6.93. The second-order valence-corrected chi connectivity index (χ2v) is 5.29. The standard InChI is InChI=1S/C14H25N3.HI/c1-3-9-16-14(15-2)17-13-10-12(13)11-7-5-4-6-8-11;/h3,11-13H,1,4-10H2,2H3,(H2,15,16,17);1H. The number of aliphatic imine (C=N–C) groups is 1. The zero-order chi connectivity index (χ0) is 12.1. The van der Waals surface area contributed by atoms with Crippen molar-refractivity contribution in [3.8, 4) is 0 Å². The van der Waals surface area contributed by atoms with Crippen molar-refractivity contribution in [1.29, 1.82) is 0 Å². The molecule has 2 rings (SSSR count). The third-order valence-electron chi connectivity index (χ3n) is 4.05. The average molecular weight is 363 g/mol. The first kappa shape index (κ1) is 15.8. The molecular weight excluding hydrogens is 337 g/mol. The monoisotopic (exact) mass is 363 g/mol. The maximum Gasteiger partial charge on any atom is 0.191 e. The van der Waals surface area contributed by atoms with Gasteiger partial charge in [-0.05, 0) is 18.3 Å². The molecule has 0 heterocycles. The molecule has 2 N–H and O–H groups in total. The Kier molecular flexibility index (Phi) is 7.04. The summed E-state index contributed by atoms with van der Waals surface area (Å²) in [5, 5.41) is 6.75. The molecule has 0 aromatic heterocycles. The molecule has 0 amide bonds. The van der Waals surface area contributed by atoms with Crippen LogP contribution in [0.2, 0.25) is 0 Å². The number of halogens is 1. The topological polar surface area (TPSA) is 36.4 Å². The van der Waals surface area contributed by atoms with Gasteiger partial charge in [-0.15, -0.1) is 30.6 Å². The molecule has 2 aliphatic carbocycles. The van der Waals surface area contributed by atoms with E-state index < -0.39 is 0 Å². The number of guanidine groups is 1. The van der Waals surface area contributed by atoms with Crippen molar-refractivity contribution >= 4 is 29.9 Å². The molecule has 3 nitrogen and oxygen atoms in total. The van der Waals surface area contributed by atoms with E-state index in [0.29, 0.717) is 6.04 Å². The SMILES string of the molecule is C=CCNC(=NC)NC1CC1C1CCCCC1.I. The number of nitrogens with zero attached hydrogens (tertiary/aromatic N) is 1. The van der Waals surface area contributed by atoms with E-state index in [2.05, 4.69) is 22.2 Å². The van der Waals surface area contributed by atoms with Gasteiger partial charge in [0.25, 0.3) is 0 Å². The zero-order valence-electron chi connectivity index (χ0n) is 11.3. The van der Waals surface area contributed by atoms with Crippen molar-refractivity contribution in [3.63, 3.8) is 0 Å². The molecule has 0 saturated heterocycles. The van der Waals surface area contributed by atoms with Gasteiger partial charge in [0.15, 0.2) is 5.96 Å². The number of hydrogen-bond donors (Lipinski definition) is 2. The van der Waals surface area contributed by atoms with E-state index in [-0.39, 0.29) is 24.0 Å². The van der Waals surface area contributed by atoms with Crippen LogP contribution in [0.4, 0.5) is 0 Å². The van der Waals surface area contributed by atoms with Gasteiger partial charge in [0.05, 0.1) is 0 Å². The van der Waals surface area contributed by atoms with E-state index in [0.717, 1.165) is 24.3 Å². The normalized spacial score (nSPS) is 28.2. The highest BCUT2D eigenvalue weighted by molar-refractivity contribution is 14.0. The first-order valence-electron chi connectivity index (χ1n) is 6.93. The lowest BCUT2D eigenvalue weighted by molar-refractivity contribution is 0.315. The van der Waals surface area contributed by atoms with Gasteiger partial charge >= 0.3 is 0 Å². The van der Waals surface area contributed by atoms with Crippen LogP contribution in [0.25, 0.3) is 0 Å². The predicted octanol–water partition coefficient (Wildman–Crippen LogP) is 2.92. The lowest BCUT2D eigenvalue weighted by atomic mass is 9.85. The summed E-state index contributed by atoms with van der Waals surface area (Å²) in [6.45, 7) is 4.48. The summed E-state index contributed by atoms with van der Waals surface area (Å²) in [6, 6.07) is 0.661. The molecule has 104 valence electrons. The van der Waals surface area contributed by atoms with Gasteiger partial charge in [-0.1, -0.05) is 38.2 Å². The summed E-state index contributed by atoms with van der Waals surface area (Å²) in [7, 11) is 1.83. The first-order chi connectivity index (χ1) is 8.35. The van der Waals surface area contributed by atoms with Gasteiger partial charge in [0.1, 0.15) is 0 Å². The van der Waals surface area contributed by atoms with Gasteiger partial charge in [-0.3, -0.25) is 4.99 Å². The molecule has 0 bridgehead atoms. The Hall–Kier alpha value is -0.260. The summed E-state index contributed by atoms with van der Waals surface area (Å²) in [5.41, 5.74) is 0. The van der Waals surface area contributed by atoms with Crippen LogP contribution < -0.4 is 10.6 Å². The zero-order valence-corrected chi connectivity index (χ0v) is 13.7. The third kappa shape index (κ3) is 4.44. The van der Waals surface area contributed by atoms with Gasteiger partial charge < -0.3 is 10.6 Å². The summed E-state index contributed by atoms with van der Waals surface area (Å²) >= 11 is 0. The molecule has 0 aromatic rings. The molecule has 0 spiro atoms. The molecule has 0 radical (unpaired) electrons. The van der Waals surface area contributed by atoms with Crippen molar-refractivity contribution in [2.75, 3.05) is 13.6 Å². The van der Waals surface area contributed by atoms with Gasteiger partial charge in [-0.2, -0.15) is 0 Å². The maximum absolute atomic E-state index is 4.23. The summed E-state index contributed by atoms with van der Waals surface area (Å²) < 4.78 is 0. The van der Waals surface area contributed by atoms with Crippen LogP contribution in [0.1, 0.15) is 38.5 Å². The fourth-order valence-corrected chi connectivity index (χ4v) is 3.00. The van der Waals surface area contributed by atoms with E-state index in [9.17, 15) is 0 Å². The van der Waals surface area contributed by atoms with Crippen molar-refractivity contribution in [1.82, 2.24) is 10.6 Å². The minimum atomic E-state index is 0.